The Morgan fingerprint density at radius 1 is 1.21 bits per heavy atom. The van der Waals surface area contributed by atoms with Crippen LogP contribution in [0.4, 0.5) is 0 Å². The van der Waals surface area contributed by atoms with E-state index in [4.69, 9.17) is 9.66 Å². The SMILES string of the molecule is CCN(CC)C(C)O.CCS(=O)(=O)O. The van der Waals surface area contributed by atoms with Gasteiger partial charge in [0.2, 0.25) is 0 Å². The fourth-order valence-corrected chi connectivity index (χ4v) is 0.752. The summed E-state index contributed by atoms with van der Waals surface area (Å²) in [5, 5.41) is 8.94. The molecule has 0 amide bonds. The van der Waals surface area contributed by atoms with Crippen molar-refractivity contribution >= 4 is 10.1 Å². The van der Waals surface area contributed by atoms with Crippen LogP contribution in [0, 0.1) is 0 Å². The van der Waals surface area contributed by atoms with E-state index < -0.39 is 10.1 Å². The van der Waals surface area contributed by atoms with Gasteiger partial charge in [0.05, 0.1) is 5.75 Å². The van der Waals surface area contributed by atoms with E-state index in [1.807, 2.05) is 18.7 Å². The number of aliphatic hydroxyl groups is 1. The molecule has 0 aromatic carbocycles. The lowest BCUT2D eigenvalue weighted by atomic mass is 10.5. The lowest BCUT2D eigenvalue weighted by Crippen LogP contribution is -2.32. The van der Waals surface area contributed by atoms with Crippen molar-refractivity contribution in [3.8, 4) is 0 Å². The van der Waals surface area contributed by atoms with E-state index in [2.05, 4.69) is 0 Å². The zero-order chi connectivity index (χ0) is 11.8. The molecule has 0 saturated carbocycles. The molecule has 0 bridgehead atoms. The van der Waals surface area contributed by atoms with Gasteiger partial charge < -0.3 is 5.11 Å². The molecule has 1 unspecified atom stereocenters. The van der Waals surface area contributed by atoms with Crippen LogP contribution in [-0.2, 0) is 10.1 Å². The highest BCUT2D eigenvalue weighted by atomic mass is 32.2. The Labute approximate surface area is 86.5 Å². The van der Waals surface area contributed by atoms with E-state index in [9.17, 15) is 8.42 Å². The largest absolute Gasteiger partial charge is 0.379 e. The zero-order valence-electron chi connectivity index (χ0n) is 9.27. The number of nitrogens with zero attached hydrogens (tertiary/aromatic N) is 1. The molecule has 0 saturated heterocycles. The van der Waals surface area contributed by atoms with Crippen molar-refractivity contribution in [2.24, 2.45) is 0 Å². The van der Waals surface area contributed by atoms with Crippen molar-refractivity contribution in [2.75, 3.05) is 18.8 Å². The first kappa shape index (κ1) is 16.3. The lowest BCUT2D eigenvalue weighted by Gasteiger charge is -2.20. The molecule has 0 aromatic heterocycles. The second-order valence-corrected chi connectivity index (χ2v) is 4.46. The fourth-order valence-electron chi connectivity index (χ4n) is 0.752. The highest BCUT2D eigenvalue weighted by molar-refractivity contribution is 7.85. The number of hydrogen-bond acceptors (Lipinski definition) is 4. The summed E-state index contributed by atoms with van der Waals surface area (Å²) in [7, 11) is -3.66. The molecule has 88 valence electrons. The van der Waals surface area contributed by atoms with Crippen LogP contribution >= 0.6 is 0 Å². The Bertz CT molecular complexity index is 209. The summed E-state index contributed by atoms with van der Waals surface area (Å²) in [4.78, 5) is 1.97. The van der Waals surface area contributed by atoms with Gasteiger partial charge in [0.1, 0.15) is 6.23 Å². The van der Waals surface area contributed by atoms with E-state index in [1.54, 1.807) is 6.92 Å². The second kappa shape index (κ2) is 8.16. The molecule has 2 N–H and O–H groups in total. The molecule has 0 heterocycles. The Balaban J connectivity index is 0. The van der Waals surface area contributed by atoms with Gasteiger partial charge in [0.15, 0.2) is 0 Å². The highest BCUT2D eigenvalue weighted by Gasteiger charge is 2.02. The lowest BCUT2D eigenvalue weighted by molar-refractivity contribution is 0.0265. The highest BCUT2D eigenvalue weighted by Crippen LogP contribution is 1.91. The van der Waals surface area contributed by atoms with Crippen LogP contribution in [0.2, 0.25) is 0 Å². The average Bonchev–Trinajstić information content (AvgIpc) is 2.06. The third-order valence-electron chi connectivity index (χ3n) is 1.71. The topological polar surface area (TPSA) is 77.8 Å². The predicted molar refractivity (Wildman–Crippen MR) is 56.7 cm³/mol. The Morgan fingerprint density at radius 3 is 1.50 bits per heavy atom. The number of hydrogen-bond donors (Lipinski definition) is 2. The molecule has 1 atom stereocenters. The van der Waals surface area contributed by atoms with Gasteiger partial charge in [-0.2, -0.15) is 8.42 Å². The molecule has 0 rings (SSSR count). The van der Waals surface area contributed by atoms with Crippen molar-refractivity contribution in [1.29, 1.82) is 0 Å². The summed E-state index contributed by atoms with van der Waals surface area (Å²) in [6, 6.07) is 0. The van der Waals surface area contributed by atoms with Crippen molar-refractivity contribution in [3.63, 3.8) is 0 Å². The molecule has 0 fully saturated rings. The van der Waals surface area contributed by atoms with Crippen molar-refractivity contribution in [2.45, 2.75) is 33.9 Å². The summed E-state index contributed by atoms with van der Waals surface area (Å²) in [6.45, 7) is 9.08. The first-order valence-electron chi connectivity index (χ1n) is 4.65. The average molecular weight is 227 g/mol. The third-order valence-corrected chi connectivity index (χ3v) is 2.44. The molecule has 14 heavy (non-hydrogen) atoms. The summed E-state index contributed by atoms with van der Waals surface area (Å²) in [6.07, 6.45) is -0.287. The molecular formula is C8H21NO4S. The molecule has 6 heteroatoms. The van der Waals surface area contributed by atoms with E-state index in [0.29, 0.717) is 0 Å². The van der Waals surface area contributed by atoms with Crippen LogP contribution < -0.4 is 0 Å². The molecule has 0 radical (unpaired) electrons. The monoisotopic (exact) mass is 227 g/mol. The first-order chi connectivity index (χ1) is 6.28. The van der Waals surface area contributed by atoms with E-state index in [0.717, 1.165) is 13.1 Å². The van der Waals surface area contributed by atoms with Crippen LogP contribution in [0.25, 0.3) is 0 Å². The normalized spacial score (nSPS) is 13.4. The van der Waals surface area contributed by atoms with E-state index >= 15 is 0 Å². The minimum absolute atomic E-state index is 0.201. The smallest absolute Gasteiger partial charge is 0.264 e. The maximum absolute atomic E-state index is 9.56. The number of aliphatic hydroxyl groups excluding tert-OH is 1. The van der Waals surface area contributed by atoms with Crippen LogP contribution in [0.5, 0.6) is 0 Å². The van der Waals surface area contributed by atoms with Crippen molar-refractivity contribution in [1.82, 2.24) is 4.90 Å². The van der Waals surface area contributed by atoms with Gasteiger partial charge in [0, 0.05) is 0 Å². The van der Waals surface area contributed by atoms with Gasteiger partial charge in [-0.15, -0.1) is 0 Å². The van der Waals surface area contributed by atoms with Gasteiger partial charge in [-0.25, -0.2) is 0 Å². The van der Waals surface area contributed by atoms with Crippen LogP contribution in [0.1, 0.15) is 27.7 Å². The minimum atomic E-state index is -3.66. The molecule has 0 aromatic rings. The van der Waals surface area contributed by atoms with Gasteiger partial charge in [0.25, 0.3) is 10.1 Å². The summed E-state index contributed by atoms with van der Waals surface area (Å²) >= 11 is 0. The van der Waals surface area contributed by atoms with Gasteiger partial charge >= 0.3 is 0 Å². The van der Waals surface area contributed by atoms with E-state index in [1.165, 1.54) is 6.92 Å². The Kier molecular flexibility index (Phi) is 9.49. The van der Waals surface area contributed by atoms with Crippen molar-refractivity contribution < 1.29 is 18.1 Å². The Hall–Kier alpha value is -0.170. The standard InChI is InChI=1S/C6H15NO.C2H6O3S/c1-4-7(5-2)6(3)8;1-2-6(3,4)5/h6,8H,4-5H2,1-3H3;2H2,1H3,(H,3,4,5). The second-order valence-electron chi connectivity index (χ2n) is 2.72. The molecule has 0 aliphatic heterocycles. The van der Waals surface area contributed by atoms with Gasteiger partial charge in [-0.1, -0.05) is 13.8 Å². The fraction of sp³-hybridized carbons (Fsp3) is 1.00. The summed E-state index contributed by atoms with van der Waals surface area (Å²) in [5.41, 5.74) is 0. The minimum Gasteiger partial charge on any atom is -0.379 e. The molecule has 5 nitrogen and oxygen atoms in total. The molecule has 0 aliphatic carbocycles. The Morgan fingerprint density at radius 2 is 1.50 bits per heavy atom. The third kappa shape index (κ3) is 11.8. The molecule has 0 spiro atoms. The predicted octanol–water partition coefficient (Wildman–Crippen LogP) is 0.561. The van der Waals surface area contributed by atoms with Crippen molar-refractivity contribution in [3.05, 3.63) is 0 Å². The summed E-state index contributed by atoms with van der Waals surface area (Å²) < 4.78 is 26.9. The maximum Gasteiger partial charge on any atom is 0.264 e. The van der Waals surface area contributed by atoms with Crippen LogP contribution in [0.3, 0.4) is 0 Å². The van der Waals surface area contributed by atoms with Gasteiger partial charge in [-0.3, -0.25) is 9.45 Å². The number of rotatable bonds is 4. The zero-order valence-corrected chi connectivity index (χ0v) is 10.1. The molecular weight excluding hydrogens is 206 g/mol. The van der Waals surface area contributed by atoms with Crippen LogP contribution in [-0.4, -0.2) is 48.0 Å². The van der Waals surface area contributed by atoms with Gasteiger partial charge in [-0.05, 0) is 26.9 Å². The quantitative estimate of drug-likeness (QED) is 0.542. The van der Waals surface area contributed by atoms with E-state index in [-0.39, 0.29) is 12.0 Å². The first-order valence-corrected chi connectivity index (χ1v) is 6.26. The van der Waals surface area contributed by atoms with Crippen LogP contribution in [0.15, 0.2) is 0 Å². The summed E-state index contributed by atoms with van der Waals surface area (Å²) in [5.74, 6) is -0.201. The molecule has 0 aliphatic rings. The maximum atomic E-state index is 9.56.